The molecule has 2 nitrogen and oxygen atoms in total. The lowest BCUT2D eigenvalue weighted by molar-refractivity contribution is 0.628. The summed E-state index contributed by atoms with van der Waals surface area (Å²) in [4.78, 5) is 0. The second-order valence-corrected chi connectivity index (χ2v) is 4.65. The normalized spacial score (nSPS) is 10.0. The molecule has 2 aromatic rings. The van der Waals surface area contributed by atoms with Crippen LogP contribution in [0.15, 0.2) is 48.5 Å². The molecule has 0 aliphatic heterocycles. The lowest BCUT2D eigenvalue weighted by Gasteiger charge is -2.11. The Hall–Kier alpha value is -1.94. The van der Waals surface area contributed by atoms with Crippen molar-refractivity contribution >= 4 is 23.0 Å². The fraction of sp³-hybridized carbons (Fsp3) is 0.133. The average Bonchev–Trinajstić information content (AvgIpc) is 2.40. The van der Waals surface area contributed by atoms with Crippen molar-refractivity contribution in [2.75, 3.05) is 5.32 Å². The van der Waals surface area contributed by atoms with Crippen molar-refractivity contribution in [2.24, 2.45) is 0 Å². The first-order valence-electron chi connectivity index (χ1n) is 6.00. The minimum atomic E-state index is -0.260. The van der Waals surface area contributed by atoms with Crippen LogP contribution in [0.25, 0.3) is 0 Å². The Bertz CT molecular complexity index is 567. The summed E-state index contributed by atoms with van der Waals surface area (Å²) in [6.45, 7) is 2.73. The maximum absolute atomic E-state index is 12.8. The van der Waals surface area contributed by atoms with Gasteiger partial charge in [-0.3, -0.25) is 0 Å². The lowest BCUT2D eigenvalue weighted by atomic mass is 10.1. The van der Waals surface area contributed by atoms with Gasteiger partial charge in [-0.2, -0.15) is 0 Å². The average molecular weight is 274 g/mol. The number of hydrogen-bond donors (Lipinski definition) is 2. The van der Waals surface area contributed by atoms with E-state index in [0.717, 1.165) is 5.69 Å². The molecule has 0 saturated heterocycles. The molecule has 0 aliphatic carbocycles. The van der Waals surface area contributed by atoms with Crippen molar-refractivity contribution in [3.05, 3.63) is 65.5 Å². The number of thiocarbonyl (C=S) groups is 1. The molecule has 0 aromatic heterocycles. The predicted molar refractivity (Wildman–Crippen MR) is 80.6 cm³/mol. The van der Waals surface area contributed by atoms with Crippen LogP contribution in [0.5, 0.6) is 0 Å². The van der Waals surface area contributed by atoms with E-state index in [0.29, 0.717) is 11.7 Å². The fourth-order valence-corrected chi connectivity index (χ4v) is 1.88. The fourth-order valence-electron chi connectivity index (χ4n) is 1.69. The van der Waals surface area contributed by atoms with Crippen molar-refractivity contribution in [1.29, 1.82) is 0 Å². The van der Waals surface area contributed by atoms with Gasteiger partial charge in [-0.1, -0.05) is 24.3 Å². The van der Waals surface area contributed by atoms with Crippen LogP contribution in [0.2, 0.25) is 0 Å². The first-order chi connectivity index (χ1) is 9.15. The molecule has 0 aliphatic rings. The minimum absolute atomic E-state index is 0.260. The van der Waals surface area contributed by atoms with E-state index in [1.165, 1.54) is 23.3 Å². The third-order valence-electron chi connectivity index (χ3n) is 2.80. The quantitative estimate of drug-likeness (QED) is 0.836. The maximum Gasteiger partial charge on any atom is 0.171 e. The summed E-state index contributed by atoms with van der Waals surface area (Å²) in [5.41, 5.74) is 3.19. The summed E-state index contributed by atoms with van der Waals surface area (Å²) in [5.74, 6) is -0.260. The van der Waals surface area contributed by atoms with Gasteiger partial charge in [-0.05, 0) is 54.5 Å². The van der Waals surface area contributed by atoms with Gasteiger partial charge in [0.2, 0.25) is 0 Å². The molecule has 0 amide bonds. The summed E-state index contributed by atoms with van der Waals surface area (Å²) < 4.78 is 12.8. The summed E-state index contributed by atoms with van der Waals surface area (Å²) in [5, 5.41) is 6.66. The van der Waals surface area contributed by atoms with E-state index in [9.17, 15) is 4.39 Å². The molecule has 0 saturated carbocycles. The molecule has 0 unspecified atom stereocenters. The highest BCUT2D eigenvalue weighted by Crippen LogP contribution is 2.09. The molecule has 2 rings (SSSR count). The van der Waals surface area contributed by atoms with Crippen LogP contribution in [0, 0.1) is 12.7 Å². The van der Waals surface area contributed by atoms with Gasteiger partial charge in [0.25, 0.3) is 0 Å². The number of rotatable bonds is 3. The molecule has 0 heterocycles. The number of aryl methyl sites for hydroxylation is 1. The number of benzene rings is 2. The van der Waals surface area contributed by atoms with Gasteiger partial charge in [0.1, 0.15) is 5.82 Å². The largest absolute Gasteiger partial charge is 0.358 e. The van der Waals surface area contributed by atoms with Crippen LogP contribution in [-0.4, -0.2) is 5.11 Å². The van der Waals surface area contributed by atoms with Gasteiger partial charge in [0.05, 0.1) is 0 Å². The second kappa shape index (κ2) is 6.29. The first kappa shape index (κ1) is 13.5. The zero-order chi connectivity index (χ0) is 13.7. The topological polar surface area (TPSA) is 24.1 Å². The minimum Gasteiger partial charge on any atom is -0.358 e. The van der Waals surface area contributed by atoms with E-state index in [1.807, 2.05) is 12.1 Å². The van der Waals surface area contributed by atoms with Crippen molar-refractivity contribution in [1.82, 2.24) is 5.32 Å². The summed E-state index contributed by atoms with van der Waals surface area (Å²) in [6, 6.07) is 14.2. The van der Waals surface area contributed by atoms with E-state index in [4.69, 9.17) is 12.2 Å². The highest BCUT2D eigenvalue weighted by Gasteiger charge is 2.00. The molecule has 0 bridgehead atoms. The summed E-state index contributed by atoms with van der Waals surface area (Å²) >= 11 is 5.20. The standard InChI is InChI=1S/C15H15FN2S/c1-11-4-2-3-5-12(11)10-17-15(19)18-14-8-6-13(16)7-9-14/h2-9H,10H2,1H3,(H2,17,18,19). The number of halogens is 1. The number of nitrogens with one attached hydrogen (secondary N) is 2. The maximum atomic E-state index is 12.8. The number of anilines is 1. The van der Waals surface area contributed by atoms with Crippen molar-refractivity contribution < 1.29 is 4.39 Å². The molecule has 0 fully saturated rings. The molecular formula is C15H15FN2S. The van der Waals surface area contributed by atoms with E-state index in [2.05, 4.69) is 29.7 Å². The molecule has 0 spiro atoms. The molecule has 0 atom stereocenters. The molecule has 98 valence electrons. The zero-order valence-electron chi connectivity index (χ0n) is 10.6. The van der Waals surface area contributed by atoms with Crippen LogP contribution >= 0.6 is 12.2 Å². The SMILES string of the molecule is Cc1ccccc1CNC(=S)Nc1ccc(F)cc1. The Morgan fingerprint density at radius 2 is 1.79 bits per heavy atom. The molecule has 19 heavy (non-hydrogen) atoms. The van der Waals surface area contributed by atoms with E-state index in [-0.39, 0.29) is 5.82 Å². The Morgan fingerprint density at radius 1 is 1.11 bits per heavy atom. The molecule has 2 aromatic carbocycles. The second-order valence-electron chi connectivity index (χ2n) is 4.24. The molecular weight excluding hydrogens is 259 g/mol. The summed E-state index contributed by atoms with van der Waals surface area (Å²) in [6.07, 6.45) is 0. The van der Waals surface area contributed by atoms with Crippen LogP contribution in [-0.2, 0) is 6.54 Å². The zero-order valence-corrected chi connectivity index (χ0v) is 11.4. The third-order valence-corrected chi connectivity index (χ3v) is 3.05. The van der Waals surface area contributed by atoms with Crippen molar-refractivity contribution in [2.45, 2.75) is 13.5 Å². The van der Waals surface area contributed by atoms with Gasteiger partial charge >= 0.3 is 0 Å². The van der Waals surface area contributed by atoms with Crippen LogP contribution < -0.4 is 10.6 Å². The van der Waals surface area contributed by atoms with E-state index in [1.54, 1.807) is 12.1 Å². The Labute approximate surface area is 117 Å². The predicted octanol–water partition coefficient (Wildman–Crippen LogP) is 3.62. The van der Waals surface area contributed by atoms with Crippen molar-refractivity contribution in [3.8, 4) is 0 Å². The Kier molecular flexibility index (Phi) is 4.47. The van der Waals surface area contributed by atoms with E-state index >= 15 is 0 Å². The van der Waals surface area contributed by atoms with Gasteiger partial charge in [-0.15, -0.1) is 0 Å². The summed E-state index contributed by atoms with van der Waals surface area (Å²) in [7, 11) is 0. The number of hydrogen-bond acceptors (Lipinski definition) is 1. The van der Waals surface area contributed by atoms with Gasteiger partial charge in [0, 0.05) is 12.2 Å². The third kappa shape index (κ3) is 4.03. The van der Waals surface area contributed by atoms with Gasteiger partial charge in [0.15, 0.2) is 5.11 Å². The first-order valence-corrected chi connectivity index (χ1v) is 6.41. The smallest absolute Gasteiger partial charge is 0.171 e. The molecule has 0 radical (unpaired) electrons. The highest BCUT2D eigenvalue weighted by molar-refractivity contribution is 7.80. The Balaban J connectivity index is 1.88. The monoisotopic (exact) mass is 274 g/mol. The molecule has 4 heteroatoms. The van der Waals surface area contributed by atoms with Gasteiger partial charge < -0.3 is 10.6 Å². The van der Waals surface area contributed by atoms with Gasteiger partial charge in [-0.25, -0.2) is 4.39 Å². The van der Waals surface area contributed by atoms with Crippen LogP contribution in [0.1, 0.15) is 11.1 Å². The highest BCUT2D eigenvalue weighted by atomic mass is 32.1. The van der Waals surface area contributed by atoms with Crippen molar-refractivity contribution in [3.63, 3.8) is 0 Å². The molecule has 2 N–H and O–H groups in total. The Morgan fingerprint density at radius 3 is 2.47 bits per heavy atom. The lowest BCUT2D eigenvalue weighted by Crippen LogP contribution is -2.28. The van der Waals surface area contributed by atoms with Crippen LogP contribution in [0.4, 0.5) is 10.1 Å². The van der Waals surface area contributed by atoms with Crippen LogP contribution in [0.3, 0.4) is 0 Å². The van der Waals surface area contributed by atoms with E-state index < -0.39 is 0 Å².